The van der Waals surface area contributed by atoms with Gasteiger partial charge in [-0.05, 0) is 27.2 Å². The van der Waals surface area contributed by atoms with Gasteiger partial charge in [-0.1, -0.05) is 19.8 Å². The van der Waals surface area contributed by atoms with E-state index < -0.39 is 29.8 Å². The lowest BCUT2D eigenvalue weighted by atomic mass is 10.0. The Balaban J connectivity index is 4.49. The fourth-order valence-corrected chi connectivity index (χ4v) is 1.36. The van der Waals surface area contributed by atoms with Crippen LogP contribution in [0, 0.1) is 0 Å². The number of unbranched alkanes of at least 4 members (excludes halogenated alkanes) is 1. The monoisotopic (exact) mass is 261 g/mol. The second-order valence-corrected chi connectivity index (χ2v) is 5.18. The lowest BCUT2D eigenvalue weighted by Crippen LogP contribution is -2.48. The number of carbonyl (C=O) groups excluding carboxylic acids is 1. The molecule has 0 heterocycles. The lowest BCUT2D eigenvalue weighted by molar-refractivity contribution is -0.148. The minimum absolute atomic E-state index is 0.392. The number of alkyl carbamates (subject to hydrolysis) is 1. The van der Waals surface area contributed by atoms with Gasteiger partial charge in [0, 0.05) is 0 Å². The molecule has 0 saturated heterocycles. The maximum Gasteiger partial charge on any atom is 0.407 e. The number of hydrogen-bond acceptors (Lipinski definition) is 4. The average Bonchev–Trinajstić information content (AvgIpc) is 2.20. The number of aliphatic hydroxyl groups is 1. The number of carbonyl (C=O) groups is 2. The minimum Gasteiger partial charge on any atom is -0.479 e. The third-order valence-corrected chi connectivity index (χ3v) is 2.20. The third-order valence-electron chi connectivity index (χ3n) is 2.20. The second-order valence-electron chi connectivity index (χ2n) is 5.18. The van der Waals surface area contributed by atoms with Crippen molar-refractivity contribution in [3.05, 3.63) is 0 Å². The van der Waals surface area contributed by atoms with Crippen LogP contribution < -0.4 is 5.32 Å². The number of rotatable bonds is 6. The zero-order chi connectivity index (χ0) is 14.3. The molecule has 0 bridgehead atoms. The second kappa shape index (κ2) is 7.20. The Labute approximate surface area is 107 Å². The van der Waals surface area contributed by atoms with E-state index in [1.165, 1.54) is 0 Å². The van der Waals surface area contributed by atoms with Gasteiger partial charge in [-0.15, -0.1) is 0 Å². The van der Waals surface area contributed by atoms with Crippen LogP contribution in [0.15, 0.2) is 0 Å². The van der Waals surface area contributed by atoms with Gasteiger partial charge in [0.15, 0.2) is 6.10 Å². The zero-order valence-electron chi connectivity index (χ0n) is 11.4. The van der Waals surface area contributed by atoms with Crippen LogP contribution in [0.25, 0.3) is 0 Å². The molecular weight excluding hydrogens is 238 g/mol. The van der Waals surface area contributed by atoms with E-state index in [0.29, 0.717) is 12.8 Å². The summed E-state index contributed by atoms with van der Waals surface area (Å²) in [4.78, 5) is 22.3. The average molecular weight is 261 g/mol. The van der Waals surface area contributed by atoms with Crippen LogP contribution in [0.1, 0.15) is 47.0 Å². The molecule has 2 atom stereocenters. The first-order valence-electron chi connectivity index (χ1n) is 6.07. The summed E-state index contributed by atoms with van der Waals surface area (Å²) in [6.45, 7) is 7.07. The Kier molecular flexibility index (Phi) is 6.68. The molecule has 0 aliphatic rings. The van der Waals surface area contributed by atoms with Gasteiger partial charge in [0.1, 0.15) is 5.60 Å². The lowest BCUT2D eigenvalue weighted by Gasteiger charge is -2.25. The number of carboxylic acids is 1. The molecule has 106 valence electrons. The summed E-state index contributed by atoms with van der Waals surface area (Å²) >= 11 is 0. The first-order valence-corrected chi connectivity index (χ1v) is 6.07. The van der Waals surface area contributed by atoms with Crippen LogP contribution in [0.2, 0.25) is 0 Å². The first-order chi connectivity index (χ1) is 8.17. The van der Waals surface area contributed by atoms with E-state index in [9.17, 15) is 14.7 Å². The SMILES string of the molecule is CCCCC(NC(=O)OC(C)(C)C)C(O)C(=O)O. The van der Waals surface area contributed by atoms with Crippen LogP contribution in [0.3, 0.4) is 0 Å². The standard InChI is InChI=1S/C12H23NO5/c1-5-6-7-8(9(14)10(15)16)13-11(17)18-12(2,3)4/h8-9,14H,5-7H2,1-4H3,(H,13,17)(H,15,16). The Morgan fingerprint density at radius 2 is 1.89 bits per heavy atom. The smallest absolute Gasteiger partial charge is 0.407 e. The fraction of sp³-hybridized carbons (Fsp3) is 0.833. The van der Waals surface area contributed by atoms with Crippen molar-refractivity contribution in [1.29, 1.82) is 0 Å². The highest BCUT2D eigenvalue weighted by atomic mass is 16.6. The zero-order valence-corrected chi connectivity index (χ0v) is 11.4. The van der Waals surface area contributed by atoms with Crippen LogP contribution in [-0.4, -0.2) is 40.0 Å². The molecular formula is C12H23NO5. The van der Waals surface area contributed by atoms with E-state index in [0.717, 1.165) is 6.42 Å². The number of carboxylic acid groups (broad SMARTS) is 1. The molecule has 0 aliphatic heterocycles. The predicted molar refractivity (Wildman–Crippen MR) is 66.3 cm³/mol. The molecule has 1 amide bonds. The number of aliphatic carboxylic acids is 1. The topological polar surface area (TPSA) is 95.9 Å². The van der Waals surface area contributed by atoms with Crippen LogP contribution in [0.4, 0.5) is 4.79 Å². The largest absolute Gasteiger partial charge is 0.479 e. The normalized spacial score (nSPS) is 14.7. The summed E-state index contributed by atoms with van der Waals surface area (Å²) in [5, 5.41) is 20.6. The first kappa shape index (κ1) is 16.7. The van der Waals surface area contributed by atoms with Crippen LogP contribution >= 0.6 is 0 Å². The molecule has 0 aromatic heterocycles. The summed E-state index contributed by atoms with van der Waals surface area (Å²) in [6, 6.07) is -0.836. The number of amides is 1. The summed E-state index contributed by atoms with van der Waals surface area (Å²) < 4.78 is 5.02. The molecule has 0 aliphatic carbocycles. The molecule has 0 fully saturated rings. The minimum atomic E-state index is -1.62. The van der Waals surface area contributed by atoms with Gasteiger partial charge in [-0.25, -0.2) is 9.59 Å². The molecule has 6 heteroatoms. The highest BCUT2D eigenvalue weighted by Crippen LogP contribution is 2.10. The predicted octanol–water partition coefficient (Wildman–Crippen LogP) is 1.52. The maximum absolute atomic E-state index is 11.5. The van der Waals surface area contributed by atoms with Gasteiger partial charge in [0.05, 0.1) is 6.04 Å². The molecule has 0 aromatic rings. The molecule has 18 heavy (non-hydrogen) atoms. The van der Waals surface area contributed by atoms with E-state index in [2.05, 4.69) is 5.32 Å². The summed E-state index contributed by atoms with van der Waals surface area (Å²) in [5.41, 5.74) is -0.659. The Morgan fingerprint density at radius 1 is 1.33 bits per heavy atom. The maximum atomic E-state index is 11.5. The Hall–Kier alpha value is -1.30. The van der Waals surface area contributed by atoms with Gasteiger partial charge >= 0.3 is 12.1 Å². The number of ether oxygens (including phenoxy) is 1. The summed E-state index contributed by atoms with van der Waals surface area (Å²) in [7, 11) is 0. The van der Waals surface area contributed by atoms with Crippen molar-refractivity contribution >= 4 is 12.1 Å². The van der Waals surface area contributed by atoms with E-state index in [4.69, 9.17) is 9.84 Å². The number of nitrogens with one attached hydrogen (secondary N) is 1. The Bertz CT molecular complexity index is 285. The van der Waals surface area contributed by atoms with Gasteiger partial charge in [0.2, 0.25) is 0 Å². The molecule has 3 N–H and O–H groups in total. The van der Waals surface area contributed by atoms with Crippen molar-refractivity contribution in [3.8, 4) is 0 Å². The quantitative estimate of drug-likeness (QED) is 0.673. The number of aliphatic hydroxyl groups excluding tert-OH is 1. The van der Waals surface area contributed by atoms with Gasteiger partial charge < -0.3 is 20.3 Å². The van der Waals surface area contributed by atoms with E-state index in [1.54, 1.807) is 20.8 Å². The third kappa shape index (κ3) is 7.11. The van der Waals surface area contributed by atoms with E-state index in [-0.39, 0.29) is 0 Å². The molecule has 0 aromatic carbocycles. The highest BCUT2D eigenvalue weighted by molar-refractivity contribution is 5.75. The van der Waals surface area contributed by atoms with Gasteiger partial charge in [-0.3, -0.25) is 0 Å². The van der Waals surface area contributed by atoms with Gasteiger partial charge in [-0.2, -0.15) is 0 Å². The van der Waals surface area contributed by atoms with Crippen molar-refractivity contribution < 1.29 is 24.5 Å². The van der Waals surface area contributed by atoms with Crippen molar-refractivity contribution in [2.75, 3.05) is 0 Å². The molecule has 0 rings (SSSR count). The molecule has 0 spiro atoms. The number of hydrogen-bond donors (Lipinski definition) is 3. The highest BCUT2D eigenvalue weighted by Gasteiger charge is 2.28. The molecule has 0 radical (unpaired) electrons. The van der Waals surface area contributed by atoms with Crippen LogP contribution in [0.5, 0.6) is 0 Å². The van der Waals surface area contributed by atoms with Crippen molar-refractivity contribution in [1.82, 2.24) is 5.32 Å². The Morgan fingerprint density at radius 3 is 2.28 bits per heavy atom. The summed E-state index contributed by atoms with van der Waals surface area (Å²) in [5.74, 6) is -1.35. The van der Waals surface area contributed by atoms with Crippen LogP contribution in [-0.2, 0) is 9.53 Å². The van der Waals surface area contributed by atoms with E-state index in [1.807, 2.05) is 6.92 Å². The molecule has 0 saturated carbocycles. The molecule has 6 nitrogen and oxygen atoms in total. The molecule has 2 unspecified atom stereocenters. The van der Waals surface area contributed by atoms with E-state index >= 15 is 0 Å². The van der Waals surface area contributed by atoms with Crippen molar-refractivity contribution in [3.63, 3.8) is 0 Å². The fourth-order valence-electron chi connectivity index (χ4n) is 1.36. The van der Waals surface area contributed by atoms with Gasteiger partial charge in [0.25, 0.3) is 0 Å². The summed E-state index contributed by atoms with van der Waals surface area (Å²) in [6.07, 6.45) is -0.389. The van der Waals surface area contributed by atoms with Crippen molar-refractivity contribution in [2.45, 2.75) is 64.7 Å². The van der Waals surface area contributed by atoms with Crippen molar-refractivity contribution in [2.24, 2.45) is 0 Å².